The highest BCUT2D eigenvalue weighted by Gasteiger charge is 2.74. The zero-order chi connectivity index (χ0) is 34.1. The molecule has 7 rings (SSSR count). The minimum Gasteiger partial charge on any atom is -0.455 e. The zero-order valence-electron chi connectivity index (χ0n) is 26.6. The molecule has 4 aliphatic heterocycles. The molecule has 10 nitrogen and oxygen atoms in total. The van der Waals surface area contributed by atoms with Crippen LogP contribution in [0.15, 0.2) is 109 Å². The number of aliphatic hydroxyl groups excluding tert-OH is 1. The van der Waals surface area contributed by atoms with E-state index in [0.717, 1.165) is 0 Å². The molecule has 2 N–H and O–H groups in total. The van der Waals surface area contributed by atoms with Crippen LogP contribution in [-0.4, -0.2) is 71.1 Å². The van der Waals surface area contributed by atoms with Crippen LogP contribution in [0, 0.1) is 11.8 Å². The van der Waals surface area contributed by atoms with Gasteiger partial charge in [0.05, 0.1) is 31.2 Å². The first-order valence-electron chi connectivity index (χ1n) is 16.4. The predicted octanol–water partition coefficient (Wildman–Crippen LogP) is 4.31. The van der Waals surface area contributed by atoms with Gasteiger partial charge in [-0.05, 0) is 41.8 Å². The molecule has 2 saturated heterocycles. The number of halogens is 1. The average Bonchev–Trinajstić information content (AvgIpc) is 3.77. The summed E-state index contributed by atoms with van der Waals surface area (Å²) in [6.45, 7) is -0.319. The number of carbonyl (C=O) groups is 4. The predicted molar refractivity (Wildman–Crippen MR) is 181 cm³/mol. The van der Waals surface area contributed by atoms with Crippen LogP contribution in [0.2, 0.25) is 5.02 Å². The van der Waals surface area contributed by atoms with Gasteiger partial charge >= 0.3 is 5.97 Å². The average molecular weight is 682 g/mol. The third-order valence-corrected chi connectivity index (χ3v) is 10.1. The second kappa shape index (κ2) is 13.6. The van der Waals surface area contributed by atoms with Crippen molar-refractivity contribution in [2.24, 2.45) is 11.8 Å². The molecule has 7 atom stereocenters. The Hall–Kier alpha value is -4.77. The summed E-state index contributed by atoms with van der Waals surface area (Å²) >= 11 is 6.21. The summed E-state index contributed by atoms with van der Waals surface area (Å²) in [4.78, 5) is 59.9. The quantitative estimate of drug-likeness (QED) is 0.304. The van der Waals surface area contributed by atoms with E-state index >= 15 is 4.79 Å². The van der Waals surface area contributed by atoms with Gasteiger partial charge in [-0.3, -0.25) is 19.2 Å². The van der Waals surface area contributed by atoms with E-state index in [1.54, 1.807) is 66.8 Å². The maximum atomic E-state index is 15.1. The number of esters is 1. The Morgan fingerprint density at radius 2 is 1.63 bits per heavy atom. The Labute approximate surface area is 288 Å². The number of carbonyl (C=O) groups excluding carboxylic acids is 4. The van der Waals surface area contributed by atoms with Crippen LogP contribution in [0.5, 0.6) is 0 Å². The number of nitrogens with zero attached hydrogens (tertiary/aromatic N) is 2. The number of fused-ring (bicyclic) bond motifs is 2. The molecule has 3 aromatic carbocycles. The maximum Gasteiger partial charge on any atom is 0.313 e. The number of amides is 3. The molecule has 1 spiro atoms. The Balaban J connectivity index is 1.35. The van der Waals surface area contributed by atoms with Gasteiger partial charge in [0.1, 0.15) is 23.7 Å². The number of ether oxygens (including phenoxy) is 2. The fraction of sp³-hybridized carbons (Fsp3) is 0.316. The smallest absolute Gasteiger partial charge is 0.313 e. The molecule has 5 bridgehead atoms. The molecular weight excluding hydrogens is 646 g/mol. The van der Waals surface area contributed by atoms with Crippen LogP contribution in [0.3, 0.4) is 0 Å². The van der Waals surface area contributed by atoms with Crippen molar-refractivity contribution >= 4 is 41.0 Å². The Kier molecular flexibility index (Phi) is 9.11. The minimum absolute atomic E-state index is 0.0360. The lowest BCUT2D eigenvalue weighted by Crippen LogP contribution is -2.57. The molecule has 0 aliphatic carbocycles. The molecule has 0 radical (unpaired) electrons. The lowest BCUT2D eigenvalue weighted by atomic mass is 9.74. The molecule has 49 heavy (non-hydrogen) atoms. The fourth-order valence-corrected chi connectivity index (χ4v) is 7.66. The third kappa shape index (κ3) is 5.94. The number of hydrogen-bond acceptors (Lipinski definition) is 7. The molecular formula is C38H36ClN3O7. The highest BCUT2D eigenvalue weighted by atomic mass is 35.5. The topological polar surface area (TPSA) is 125 Å². The number of cyclic esters (lactones) is 1. The first-order valence-corrected chi connectivity index (χ1v) is 16.8. The van der Waals surface area contributed by atoms with Crippen molar-refractivity contribution in [3.05, 3.63) is 125 Å². The van der Waals surface area contributed by atoms with Crippen molar-refractivity contribution in [1.29, 1.82) is 0 Å². The summed E-state index contributed by atoms with van der Waals surface area (Å²) in [5.41, 5.74) is 0.327. The number of likely N-dealkylation sites (tertiary alicyclic amines) is 1. The highest BCUT2D eigenvalue weighted by Crippen LogP contribution is 2.57. The first kappa shape index (κ1) is 32.8. The third-order valence-electron chi connectivity index (χ3n) is 9.82. The Morgan fingerprint density at radius 1 is 0.918 bits per heavy atom. The van der Waals surface area contributed by atoms with Crippen molar-refractivity contribution in [3.63, 3.8) is 0 Å². The number of nitrogens with one attached hydrogen (secondary N) is 1. The first-order chi connectivity index (χ1) is 23.8. The van der Waals surface area contributed by atoms with Gasteiger partial charge in [-0.15, -0.1) is 0 Å². The SMILES string of the molecule is O=C1CC/C=C\CN(c2ccc(Cl)cc2)C(=O)[C@@H]2N([C@H](CO)c3ccccc3)C(=O)[C@H]3[C@H](C(=O)O[C@H](c4ccccc4)CN1)[C@@H]1C=C[C@]23O1. The largest absolute Gasteiger partial charge is 0.455 e. The lowest BCUT2D eigenvalue weighted by molar-refractivity contribution is -0.160. The Bertz CT molecular complexity index is 1780. The Morgan fingerprint density at radius 3 is 2.35 bits per heavy atom. The van der Waals surface area contributed by atoms with Crippen molar-refractivity contribution in [2.75, 3.05) is 24.6 Å². The summed E-state index contributed by atoms with van der Waals surface area (Å²) < 4.78 is 12.7. The van der Waals surface area contributed by atoms with Crippen LogP contribution in [0.25, 0.3) is 0 Å². The maximum absolute atomic E-state index is 15.1. The number of anilines is 1. The summed E-state index contributed by atoms with van der Waals surface area (Å²) in [5.74, 6) is -4.03. The van der Waals surface area contributed by atoms with Gasteiger partial charge in [-0.25, -0.2) is 0 Å². The molecule has 4 heterocycles. The van der Waals surface area contributed by atoms with Gasteiger partial charge in [-0.2, -0.15) is 0 Å². The monoisotopic (exact) mass is 681 g/mol. The van der Waals surface area contributed by atoms with E-state index in [4.69, 9.17) is 21.1 Å². The van der Waals surface area contributed by atoms with E-state index in [2.05, 4.69) is 5.32 Å². The molecule has 11 heteroatoms. The molecule has 0 saturated carbocycles. The van der Waals surface area contributed by atoms with Crippen LogP contribution in [0.1, 0.15) is 36.1 Å². The van der Waals surface area contributed by atoms with E-state index in [-0.39, 0.29) is 25.4 Å². The number of hydrogen-bond donors (Lipinski definition) is 2. The molecule has 2 fully saturated rings. The molecule has 0 aromatic heterocycles. The van der Waals surface area contributed by atoms with Gasteiger partial charge in [0.25, 0.3) is 5.91 Å². The molecule has 0 unspecified atom stereocenters. The lowest BCUT2D eigenvalue weighted by Gasteiger charge is -2.39. The van der Waals surface area contributed by atoms with E-state index in [1.807, 2.05) is 42.5 Å². The molecule has 252 valence electrons. The standard InChI is InChI=1S/C38H36ClN3O7/c39-26-15-17-27(18-16-26)41-21-9-3-8-14-31(44)40-22-30(25-12-6-2-7-13-25)48-37(47)32-29-19-20-38(49-29)33(32)35(45)42(34(38)36(41)46)28(23-43)24-10-4-1-5-11-24/h1-7,9-13,15-20,28-30,32-34,43H,8,14,21-23H2,(H,40,44)/b9-3-/t28-,29+,30+,32-,33-,34+,38-/m1/s1. The summed E-state index contributed by atoms with van der Waals surface area (Å²) in [6, 6.07) is 22.7. The normalized spacial score (nSPS) is 29.8. The second-order valence-electron chi connectivity index (χ2n) is 12.6. The van der Waals surface area contributed by atoms with Crippen molar-refractivity contribution in [1.82, 2.24) is 10.2 Å². The van der Waals surface area contributed by atoms with Crippen molar-refractivity contribution in [2.45, 2.75) is 42.7 Å². The summed E-state index contributed by atoms with van der Waals surface area (Å²) in [7, 11) is 0. The number of aliphatic hydroxyl groups is 1. The van der Waals surface area contributed by atoms with E-state index < -0.39 is 66.1 Å². The van der Waals surface area contributed by atoms with E-state index in [1.165, 1.54) is 9.80 Å². The van der Waals surface area contributed by atoms with Crippen molar-refractivity contribution < 1.29 is 33.8 Å². The highest BCUT2D eigenvalue weighted by molar-refractivity contribution is 6.30. The molecule has 4 aliphatic rings. The van der Waals surface area contributed by atoms with Gasteiger partial charge < -0.3 is 29.7 Å². The second-order valence-corrected chi connectivity index (χ2v) is 13.1. The van der Waals surface area contributed by atoms with Crippen LogP contribution in [-0.2, 0) is 28.7 Å². The minimum atomic E-state index is -1.51. The van der Waals surface area contributed by atoms with E-state index in [0.29, 0.717) is 28.3 Å². The number of rotatable bonds is 5. The van der Waals surface area contributed by atoms with Crippen LogP contribution in [0.4, 0.5) is 5.69 Å². The molecule has 3 amide bonds. The fourth-order valence-electron chi connectivity index (χ4n) is 7.53. The van der Waals surface area contributed by atoms with E-state index in [9.17, 15) is 19.5 Å². The van der Waals surface area contributed by atoms with Crippen LogP contribution < -0.4 is 10.2 Å². The van der Waals surface area contributed by atoms with Gasteiger partial charge in [0, 0.05) is 23.7 Å². The van der Waals surface area contributed by atoms with Crippen molar-refractivity contribution in [3.8, 4) is 0 Å². The van der Waals surface area contributed by atoms with Gasteiger partial charge in [-0.1, -0.05) is 96.6 Å². The number of allylic oxidation sites excluding steroid dienone is 1. The number of benzene rings is 3. The molecule has 3 aromatic rings. The van der Waals surface area contributed by atoms with Gasteiger partial charge in [0.2, 0.25) is 11.8 Å². The van der Waals surface area contributed by atoms with Gasteiger partial charge in [0.15, 0.2) is 0 Å². The zero-order valence-corrected chi connectivity index (χ0v) is 27.3. The summed E-state index contributed by atoms with van der Waals surface area (Å²) in [6.07, 6.45) is 6.02. The van der Waals surface area contributed by atoms with Crippen LogP contribution >= 0.6 is 11.6 Å². The summed E-state index contributed by atoms with van der Waals surface area (Å²) in [5, 5.41) is 14.2.